The lowest BCUT2D eigenvalue weighted by Crippen LogP contribution is -2.38. The van der Waals surface area contributed by atoms with Gasteiger partial charge in [0.2, 0.25) is 0 Å². The van der Waals surface area contributed by atoms with Gasteiger partial charge in [-0.15, -0.1) is 24.0 Å². The minimum atomic E-state index is -0.0680. The van der Waals surface area contributed by atoms with E-state index < -0.39 is 0 Å². The van der Waals surface area contributed by atoms with Crippen molar-refractivity contribution in [2.45, 2.75) is 58.3 Å². The first-order chi connectivity index (χ1) is 11.2. The third-order valence-corrected chi connectivity index (χ3v) is 4.14. The Balaban J connectivity index is 0. The maximum atomic E-state index is 11.2. The number of carbonyl (C=O) groups is 1. The van der Waals surface area contributed by atoms with E-state index in [0.717, 1.165) is 38.3 Å². The number of ether oxygens (including phenoxy) is 1. The summed E-state index contributed by atoms with van der Waals surface area (Å²) >= 11 is 1.90. The predicted octanol–water partition coefficient (Wildman–Crippen LogP) is 3.82. The van der Waals surface area contributed by atoms with Gasteiger partial charge in [0, 0.05) is 26.6 Å². The number of rotatable bonds is 14. The molecule has 0 spiro atoms. The Labute approximate surface area is 169 Å². The summed E-state index contributed by atoms with van der Waals surface area (Å²) in [5, 5.41) is 6.69. The van der Waals surface area contributed by atoms with Crippen molar-refractivity contribution >= 4 is 47.7 Å². The zero-order valence-corrected chi connectivity index (χ0v) is 18.7. The van der Waals surface area contributed by atoms with E-state index in [1.165, 1.54) is 31.4 Å². The van der Waals surface area contributed by atoms with Gasteiger partial charge in [-0.05, 0) is 44.6 Å². The molecule has 0 radical (unpaired) electrons. The van der Waals surface area contributed by atoms with E-state index >= 15 is 0 Å². The highest BCUT2D eigenvalue weighted by Crippen LogP contribution is 2.05. The van der Waals surface area contributed by atoms with E-state index in [1.807, 2.05) is 25.7 Å². The minimum absolute atomic E-state index is 0. The van der Waals surface area contributed by atoms with Gasteiger partial charge in [0.25, 0.3) is 0 Å². The highest BCUT2D eigenvalue weighted by atomic mass is 127. The summed E-state index contributed by atoms with van der Waals surface area (Å²) in [6.45, 7) is 4.26. The zero-order valence-electron chi connectivity index (χ0n) is 15.6. The molecule has 0 bridgehead atoms. The molecule has 0 amide bonds. The number of carbonyl (C=O) groups excluding carboxylic acids is 1. The number of aliphatic imine (C=N–C) groups is 1. The molecule has 0 heterocycles. The first kappa shape index (κ1) is 26.1. The van der Waals surface area contributed by atoms with E-state index in [4.69, 9.17) is 4.74 Å². The van der Waals surface area contributed by atoms with E-state index in [-0.39, 0.29) is 29.9 Å². The lowest BCUT2D eigenvalue weighted by molar-refractivity contribution is -0.143. The van der Waals surface area contributed by atoms with Crippen molar-refractivity contribution in [1.29, 1.82) is 0 Å². The largest absolute Gasteiger partial charge is 0.466 e. The third kappa shape index (κ3) is 18.2. The van der Waals surface area contributed by atoms with Gasteiger partial charge in [-0.1, -0.05) is 19.3 Å². The fraction of sp³-hybridized carbons (Fsp3) is 0.882. The summed E-state index contributed by atoms with van der Waals surface area (Å²) in [7, 11) is 1.81. The molecule has 7 heteroatoms. The average Bonchev–Trinajstić information content (AvgIpc) is 2.55. The molecule has 0 saturated carbocycles. The molecule has 0 atom stereocenters. The van der Waals surface area contributed by atoms with E-state index in [1.54, 1.807) is 0 Å². The van der Waals surface area contributed by atoms with Gasteiger partial charge in [-0.25, -0.2) is 0 Å². The molecule has 0 aliphatic carbocycles. The van der Waals surface area contributed by atoms with Crippen LogP contribution >= 0.6 is 35.7 Å². The quantitative estimate of drug-likeness (QED) is 0.132. The molecule has 0 rings (SSSR count). The molecule has 0 aliphatic rings. The topological polar surface area (TPSA) is 62.7 Å². The van der Waals surface area contributed by atoms with Gasteiger partial charge >= 0.3 is 5.97 Å². The highest BCUT2D eigenvalue weighted by molar-refractivity contribution is 14.0. The summed E-state index contributed by atoms with van der Waals surface area (Å²) < 4.78 is 4.91. The first-order valence-corrected chi connectivity index (χ1v) is 10.2. The number of nitrogens with one attached hydrogen (secondary N) is 2. The number of unbranched alkanes of at least 4 members (excludes halogenated alkanes) is 5. The fourth-order valence-corrected chi connectivity index (χ4v) is 2.66. The van der Waals surface area contributed by atoms with Crippen LogP contribution in [0.15, 0.2) is 4.99 Å². The first-order valence-electron chi connectivity index (χ1n) is 8.83. The lowest BCUT2D eigenvalue weighted by Gasteiger charge is -2.11. The van der Waals surface area contributed by atoms with Crippen LogP contribution < -0.4 is 10.6 Å². The predicted molar refractivity (Wildman–Crippen MR) is 117 cm³/mol. The Bertz CT molecular complexity index is 318. The van der Waals surface area contributed by atoms with Crippen LogP contribution in [0, 0.1) is 0 Å². The van der Waals surface area contributed by atoms with Crippen LogP contribution in [0.4, 0.5) is 0 Å². The summed E-state index contributed by atoms with van der Waals surface area (Å²) in [5.74, 6) is 2.06. The molecule has 0 unspecified atom stereocenters. The standard InChI is InChI=1S/C17H35N3O2S.HI/c1-4-22-16(21)12-8-6-5-7-9-13-19-17(18-2)20-14-10-11-15-23-3;/h4-15H2,1-3H3,(H2,18,19,20);1H. The highest BCUT2D eigenvalue weighted by Gasteiger charge is 2.01. The second-order valence-corrected chi connectivity index (χ2v) is 6.43. The van der Waals surface area contributed by atoms with Crippen molar-refractivity contribution in [3.63, 3.8) is 0 Å². The van der Waals surface area contributed by atoms with Crippen molar-refractivity contribution in [2.75, 3.05) is 38.8 Å². The molecule has 144 valence electrons. The molecule has 0 aromatic heterocycles. The van der Waals surface area contributed by atoms with E-state index in [0.29, 0.717) is 13.0 Å². The van der Waals surface area contributed by atoms with Crippen molar-refractivity contribution < 1.29 is 9.53 Å². The van der Waals surface area contributed by atoms with Crippen LogP contribution in [0.2, 0.25) is 0 Å². The van der Waals surface area contributed by atoms with E-state index in [9.17, 15) is 4.79 Å². The normalized spacial score (nSPS) is 10.9. The van der Waals surface area contributed by atoms with Gasteiger partial charge in [-0.3, -0.25) is 9.79 Å². The van der Waals surface area contributed by atoms with Gasteiger partial charge in [0.1, 0.15) is 0 Å². The molecule has 0 saturated heterocycles. The number of halogens is 1. The van der Waals surface area contributed by atoms with E-state index in [2.05, 4.69) is 21.9 Å². The number of hydrogen-bond donors (Lipinski definition) is 2. The van der Waals surface area contributed by atoms with Crippen molar-refractivity contribution in [2.24, 2.45) is 4.99 Å². The molecule has 0 fully saturated rings. The summed E-state index contributed by atoms with van der Waals surface area (Å²) in [6, 6.07) is 0. The average molecular weight is 473 g/mol. The van der Waals surface area contributed by atoms with Crippen LogP contribution in [0.3, 0.4) is 0 Å². The fourth-order valence-electron chi connectivity index (χ4n) is 2.16. The second-order valence-electron chi connectivity index (χ2n) is 5.45. The van der Waals surface area contributed by atoms with Crippen molar-refractivity contribution in [3.05, 3.63) is 0 Å². The molecule has 24 heavy (non-hydrogen) atoms. The monoisotopic (exact) mass is 473 g/mol. The van der Waals surface area contributed by atoms with Gasteiger partial charge in [0.15, 0.2) is 5.96 Å². The summed E-state index contributed by atoms with van der Waals surface area (Å²) in [6.07, 6.45) is 10.6. The molecule has 5 nitrogen and oxygen atoms in total. The molecule has 2 N–H and O–H groups in total. The smallest absolute Gasteiger partial charge is 0.305 e. The Morgan fingerprint density at radius 2 is 1.58 bits per heavy atom. The summed E-state index contributed by atoms with van der Waals surface area (Å²) in [4.78, 5) is 15.4. The summed E-state index contributed by atoms with van der Waals surface area (Å²) in [5.41, 5.74) is 0. The SMILES string of the molecule is CCOC(=O)CCCCCCCNC(=NC)NCCCCSC.I. The van der Waals surface area contributed by atoms with Gasteiger partial charge in [-0.2, -0.15) is 11.8 Å². The Kier molecular flexibility index (Phi) is 22.6. The molecule has 0 aromatic carbocycles. The number of esters is 1. The molecule has 0 aliphatic heterocycles. The van der Waals surface area contributed by atoms with Crippen LogP contribution in [0.5, 0.6) is 0 Å². The maximum Gasteiger partial charge on any atom is 0.305 e. The number of thioether (sulfide) groups is 1. The molecular weight excluding hydrogens is 437 g/mol. The lowest BCUT2D eigenvalue weighted by atomic mass is 10.1. The van der Waals surface area contributed by atoms with Crippen molar-refractivity contribution in [3.8, 4) is 0 Å². The van der Waals surface area contributed by atoms with Crippen LogP contribution in [0.25, 0.3) is 0 Å². The maximum absolute atomic E-state index is 11.2. The molecular formula is C17H36IN3O2S. The Morgan fingerprint density at radius 1 is 1.00 bits per heavy atom. The van der Waals surface area contributed by atoms with Crippen LogP contribution in [-0.4, -0.2) is 50.7 Å². The minimum Gasteiger partial charge on any atom is -0.466 e. The van der Waals surface area contributed by atoms with Crippen LogP contribution in [0.1, 0.15) is 58.3 Å². The zero-order chi connectivity index (χ0) is 17.2. The number of hydrogen-bond acceptors (Lipinski definition) is 4. The Hall–Kier alpha value is -0.180. The van der Waals surface area contributed by atoms with Gasteiger partial charge < -0.3 is 15.4 Å². The Morgan fingerprint density at radius 3 is 2.17 bits per heavy atom. The van der Waals surface area contributed by atoms with Crippen LogP contribution in [-0.2, 0) is 9.53 Å². The van der Waals surface area contributed by atoms with Crippen molar-refractivity contribution in [1.82, 2.24) is 10.6 Å². The number of guanidine groups is 1. The molecule has 0 aromatic rings. The third-order valence-electron chi connectivity index (χ3n) is 3.45. The van der Waals surface area contributed by atoms with Gasteiger partial charge in [0.05, 0.1) is 6.61 Å². The number of nitrogens with zero attached hydrogens (tertiary/aromatic N) is 1. The second kappa shape index (κ2) is 20.9.